The number of aromatic nitrogens is 1. The lowest BCUT2D eigenvalue weighted by molar-refractivity contribution is 0.314. The van der Waals surface area contributed by atoms with Crippen molar-refractivity contribution in [2.75, 3.05) is 0 Å². The van der Waals surface area contributed by atoms with Gasteiger partial charge in [-0.15, -0.1) is 0 Å². The standard InChI is InChI=1S/C42H34N4/c1-42(2)35-19-11-9-17-31(35)33-26-38-34(25-36(33)42)32-18-10-12-20-37(32)44(38)30-23-21-28(22-24-30)40-43-39(27-13-5-3-6-14-27)45-41(46(40)45)29-15-7-4-8-16-29/h3-26,39-41,43H,1-2H3. The Balaban J connectivity index is 1.08. The summed E-state index contributed by atoms with van der Waals surface area (Å²) in [6, 6.07) is 53.5. The Labute approximate surface area is 269 Å². The van der Waals surface area contributed by atoms with E-state index in [9.17, 15) is 0 Å². The predicted molar refractivity (Wildman–Crippen MR) is 186 cm³/mol. The van der Waals surface area contributed by atoms with Crippen molar-refractivity contribution in [3.8, 4) is 16.8 Å². The summed E-state index contributed by atoms with van der Waals surface area (Å²) in [7, 11) is 0. The van der Waals surface area contributed by atoms with Gasteiger partial charge in [-0.25, -0.2) is 0 Å². The largest absolute Gasteiger partial charge is 0.309 e. The van der Waals surface area contributed by atoms with Crippen molar-refractivity contribution >= 4 is 21.8 Å². The predicted octanol–water partition coefficient (Wildman–Crippen LogP) is 9.62. The Kier molecular flexibility index (Phi) is 5.42. The van der Waals surface area contributed by atoms with Gasteiger partial charge in [0.15, 0.2) is 0 Å². The van der Waals surface area contributed by atoms with Gasteiger partial charge in [-0.3, -0.25) is 5.32 Å². The summed E-state index contributed by atoms with van der Waals surface area (Å²) in [5.41, 5.74) is 13.1. The number of hydrogen-bond acceptors (Lipinski definition) is 3. The van der Waals surface area contributed by atoms with Crippen molar-refractivity contribution < 1.29 is 0 Å². The zero-order valence-electron chi connectivity index (χ0n) is 25.9. The first-order valence-electron chi connectivity index (χ1n) is 16.3. The minimum absolute atomic E-state index is 0.0273. The first kappa shape index (κ1) is 26.2. The van der Waals surface area contributed by atoms with Gasteiger partial charge >= 0.3 is 0 Å². The van der Waals surface area contributed by atoms with Crippen LogP contribution in [0, 0.1) is 0 Å². The number of para-hydroxylation sites is 1. The van der Waals surface area contributed by atoms with E-state index in [2.05, 4.69) is 179 Å². The molecule has 0 bridgehead atoms. The van der Waals surface area contributed by atoms with Crippen molar-refractivity contribution in [2.45, 2.75) is 37.8 Å². The quantitative estimate of drug-likeness (QED) is 0.205. The van der Waals surface area contributed by atoms with Gasteiger partial charge in [0.05, 0.1) is 11.0 Å². The first-order valence-corrected chi connectivity index (χ1v) is 16.3. The topological polar surface area (TPSA) is 23.0 Å². The second kappa shape index (κ2) is 9.51. The molecule has 1 N–H and O–H groups in total. The Morgan fingerprint density at radius 3 is 1.85 bits per heavy atom. The van der Waals surface area contributed by atoms with Crippen LogP contribution in [0.2, 0.25) is 0 Å². The molecule has 3 aliphatic rings. The van der Waals surface area contributed by atoms with Crippen LogP contribution in [0.4, 0.5) is 0 Å². The van der Waals surface area contributed by atoms with Crippen LogP contribution in [-0.4, -0.2) is 14.6 Å². The minimum Gasteiger partial charge on any atom is -0.309 e. The molecule has 0 spiro atoms. The molecule has 6 aromatic carbocycles. The summed E-state index contributed by atoms with van der Waals surface area (Å²) in [6.07, 6.45) is 0.469. The summed E-state index contributed by atoms with van der Waals surface area (Å²) < 4.78 is 2.45. The Morgan fingerprint density at radius 2 is 1.11 bits per heavy atom. The van der Waals surface area contributed by atoms with Gasteiger partial charge in [0.1, 0.15) is 18.5 Å². The SMILES string of the molecule is CC1(C)c2ccccc2-c2cc3c(cc21)c1ccccc1n3-c1ccc(C2NC(c3ccccc3)N3C(c4ccccc4)N23)cc1. The van der Waals surface area contributed by atoms with Crippen LogP contribution < -0.4 is 5.32 Å². The molecule has 4 nitrogen and oxygen atoms in total. The highest BCUT2D eigenvalue weighted by molar-refractivity contribution is 6.11. The lowest BCUT2D eigenvalue weighted by Gasteiger charge is -2.21. The highest BCUT2D eigenvalue weighted by Crippen LogP contribution is 2.57. The number of benzene rings is 6. The number of hydrazine groups is 1. The van der Waals surface area contributed by atoms with Crippen molar-refractivity contribution in [3.05, 3.63) is 173 Å². The van der Waals surface area contributed by atoms with E-state index in [0.29, 0.717) is 0 Å². The third kappa shape index (κ3) is 3.60. The van der Waals surface area contributed by atoms with E-state index >= 15 is 0 Å². The molecule has 222 valence electrons. The molecule has 46 heavy (non-hydrogen) atoms. The van der Waals surface area contributed by atoms with E-state index in [0.717, 1.165) is 0 Å². The zero-order valence-corrected chi connectivity index (χ0v) is 25.9. The molecule has 2 saturated heterocycles. The summed E-state index contributed by atoms with van der Waals surface area (Å²) in [5, 5.41) is 11.5. The van der Waals surface area contributed by atoms with E-state index in [1.807, 2.05) is 0 Å². The van der Waals surface area contributed by atoms with Crippen molar-refractivity contribution in [1.29, 1.82) is 0 Å². The molecule has 5 unspecified atom stereocenters. The first-order chi connectivity index (χ1) is 22.6. The van der Waals surface area contributed by atoms with Gasteiger partial charge in [0.25, 0.3) is 0 Å². The maximum Gasteiger partial charge on any atom is 0.119 e. The number of nitrogens with zero attached hydrogens (tertiary/aromatic N) is 3. The van der Waals surface area contributed by atoms with Crippen LogP contribution in [0.5, 0.6) is 0 Å². The third-order valence-corrected chi connectivity index (χ3v) is 10.6. The molecule has 10 rings (SSSR count). The van der Waals surface area contributed by atoms with Crippen LogP contribution in [-0.2, 0) is 5.41 Å². The fourth-order valence-corrected chi connectivity index (χ4v) is 8.36. The fourth-order valence-electron chi connectivity index (χ4n) is 8.36. The van der Waals surface area contributed by atoms with E-state index in [4.69, 9.17) is 0 Å². The van der Waals surface area contributed by atoms with Gasteiger partial charge in [0.2, 0.25) is 0 Å². The van der Waals surface area contributed by atoms with Gasteiger partial charge in [0, 0.05) is 21.9 Å². The molecule has 2 aliphatic heterocycles. The van der Waals surface area contributed by atoms with Crippen molar-refractivity contribution in [1.82, 2.24) is 19.9 Å². The van der Waals surface area contributed by atoms with Crippen LogP contribution in [0.1, 0.15) is 60.2 Å². The second-order valence-corrected chi connectivity index (χ2v) is 13.5. The smallest absolute Gasteiger partial charge is 0.119 e. The molecule has 0 radical (unpaired) electrons. The molecule has 2 fully saturated rings. The molecule has 0 saturated carbocycles. The van der Waals surface area contributed by atoms with E-state index in [1.165, 1.54) is 66.4 Å². The molecule has 5 atom stereocenters. The van der Waals surface area contributed by atoms with Gasteiger partial charge in [-0.05, 0) is 69.3 Å². The highest BCUT2D eigenvalue weighted by Gasteiger charge is 2.60. The Morgan fingerprint density at radius 1 is 0.500 bits per heavy atom. The number of nitrogens with one attached hydrogen (secondary N) is 1. The maximum absolute atomic E-state index is 3.93. The monoisotopic (exact) mass is 594 g/mol. The van der Waals surface area contributed by atoms with E-state index in [-0.39, 0.29) is 23.9 Å². The molecule has 0 amide bonds. The summed E-state index contributed by atoms with van der Waals surface area (Å²) in [6.45, 7) is 4.72. The Bertz CT molecular complexity index is 2280. The highest BCUT2D eigenvalue weighted by atomic mass is 15.9. The molecule has 4 heteroatoms. The summed E-state index contributed by atoms with van der Waals surface area (Å²) >= 11 is 0. The fraction of sp³-hybridized carbons (Fsp3) is 0.143. The normalized spacial score (nSPS) is 23.7. The molecule has 7 aromatic rings. The lowest BCUT2D eigenvalue weighted by atomic mass is 9.82. The lowest BCUT2D eigenvalue weighted by Crippen LogP contribution is -2.27. The van der Waals surface area contributed by atoms with Crippen LogP contribution >= 0.6 is 0 Å². The van der Waals surface area contributed by atoms with Crippen LogP contribution in [0.15, 0.2) is 146 Å². The third-order valence-electron chi connectivity index (χ3n) is 10.6. The number of fused-ring (bicyclic) bond motifs is 7. The molecule has 1 aromatic heterocycles. The zero-order chi connectivity index (χ0) is 30.6. The van der Waals surface area contributed by atoms with Crippen LogP contribution in [0.25, 0.3) is 38.6 Å². The summed E-state index contributed by atoms with van der Waals surface area (Å²) in [4.78, 5) is 0. The number of rotatable bonds is 4. The van der Waals surface area contributed by atoms with Crippen LogP contribution in [0.3, 0.4) is 0 Å². The molecule has 3 heterocycles. The van der Waals surface area contributed by atoms with Crippen molar-refractivity contribution in [3.63, 3.8) is 0 Å². The Hall–Kier alpha value is -5.00. The summed E-state index contributed by atoms with van der Waals surface area (Å²) in [5.74, 6) is 0. The van der Waals surface area contributed by atoms with Gasteiger partial charge in [-0.2, -0.15) is 10.0 Å². The number of hydrogen-bond donors (Lipinski definition) is 1. The average Bonchev–Trinajstić information content (AvgIpc) is 3.47. The minimum atomic E-state index is -0.0273. The van der Waals surface area contributed by atoms with Gasteiger partial charge in [-0.1, -0.05) is 129 Å². The maximum atomic E-state index is 3.93. The molecular formula is C42H34N4. The second-order valence-electron chi connectivity index (χ2n) is 13.5. The van der Waals surface area contributed by atoms with E-state index < -0.39 is 0 Å². The molecule has 1 aliphatic carbocycles. The molecular weight excluding hydrogens is 560 g/mol. The van der Waals surface area contributed by atoms with E-state index in [1.54, 1.807) is 0 Å². The van der Waals surface area contributed by atoms with Crippen molar-refractivity contribution in [2.24, 2.45) is 0 Å². The average molecular weight is 595 g/mol. The van der Waals surface area contributed by atoms with Gasteiger partial charge < -0.3 is 4.57 Å².